The maximum Gasteiger partial charge on any atom is 0.318 e. The lowest BCUT2D eigenvalue weighted by atomic mass is 10.2. The Morgan fingerprint density at radius 2 is 1.59 bits per heavy atom. The van der Waals surface area contributed by atoms with Crippen LogP contribution in [-0.2, 0) is 9.59 Å². The van der Waals surface area contributed by atoms with Crippen molar-refractivity contribution in [1.82, 2.24) is 10.2 Å². The number of aliphatic carboxylic acids is 2. The van der Waals surface area contributed by atoms with E-state index >= 15 is 0 Å². The second-order valence-corrected chi connectivity index (χ2v) is 4.49. The highest BCUT2D eigenvalue weighted by molar-refractivity contribution is 5.66. The van der Waals surface area contributed by atoms with E-state index in [-0.39, 0.29) is 37.8 Å². The summed E-state index contributed by atoms with van der Waals surface area (Å²) in [5.74, 6) is -2.23. The van der Waals surface area contributed by atoms with Gasteiger partial charge in [-0.2, -0.15) is 0 Å². The molecule has 116 valence electrons. The Bertz CT molecular complexity index is 623. The average molecular weight is 303 g/mol. The van der Waals surface area contributed by atoms with Crippen LogP contribution in [-0.4, -0.2) is 35.2 Å². The molecule has 1 heterocycles. The maximum absolute atomic E-state index is 10.6. The molecule has 0 bridgehead atoms. The Morgan fingerprint density at radius 3 is 2.14 bits per heavy atom. The van der Waals surface area contributed by atoms with Crippen molar-refractivity contribution in [1.29, 1.82) is 0 Å². The summed E-state index contributed by atoms with van der Waals surface area (Å²) in [5.41, 5.74) is 0.709. The minimum absolute atomic E-state index is 0.00599. The minimum atomic E-state index is -1.25. The molecule has 22 heavy (non-hydrogen) atoms. The van der Waals surface area contributed by atoms with E-state index in [0.29, 0.717) is 5.56 Å². The van der Waals surface area contributed by atoms with Crippen molar-refractivity contribution in [3.63, 3.8) is 0 Å². The van der Waals surface area contributed by atoms with Gasteiger partial charge < -0.3 is 29.1 Å². The Labute approximate surface area is 126 Å². The molecule has 0 aliphatic carbocycles. The highest BCUT2D eigenvalue weighted by atomic mass is 16.4. The van der Waals surface area contributed by atoms with Gasteiger partial charge >= 0.3 is 6.01 Å². The third-order valence-electron chi connectivity index (χ3n) is 2.88. The molecule has 0 saturated heterocycles. The summed E-state index contributed by atoms with van der Waals surface area (Å²) in [6.45, 7) is 0.0120. The number of benzene rings is 1. The zero-order valence-electron chi connectivity index (χ0n) is 11.6. The number of rotatable bonds is 8. The quantitative estimate of drug-likeness (QED) is 0.597. The first-order chi connectivity index (χ1) is 10.6. The molecule has 0 aliphatic heterocycles. The van der Waals surface area contributed by atoms with Gasteiger partial charge in [0.2, 0.25) is 5.89 Å². The molecule has 1 aromatic carbocycles. The van der Waals surface area contributed by atoms with Crippen molar-refractivity contribution in [2.24, 2.45) is 0 Å². The second-order valence-electron chi connectivity index (χ2n) is 4.49. The molecule has 2 rings (SSSR count). The molecular formula is C14H13N3O5-2. The van der Waals surface area contributed by atoms with E-state index < -0.39 is 11.9 Å². The first-order valence-corrected chi connectivity index (χ1v) is 6.60. The predicted octanol–water partition coefficient (Wildman–Crippen LogP) is -1.18. The van der Waals surface area contributed by atoms with E-state index in [9.17, 15) is 19.8 Å². The molecule has 0 fully saturated rings. The van der Waals surface area contributed by atoms with Crippen molar-refractivity contribution in [3.05, 3.63) is 30.3 Å². The summed E-state index contributed by atoms with van der Waals surface area (Å²) in [6, 6.07) is 9.08. The van der Waals surface area contributed by atoms with Gasteiger partial charge in [-0.05, 0) is 12.1 Å². The van der Waals surface area contributed by atoms with Crippen LogP contribution in [0.4, 0.5) is 6.01 Å². The topological polar surface area (TPSA) is 122 Å². The van der Waals surface area contributed by atoms with Crippen molar-refractivity contribution in [2.45, 2.75) is 12.8 Å². The Kier molecular flexibility index (Phi) is 5.07. The number of carbonyl (C=O) groups is 2. The van der Waals surface area contributed by atoms with Crippen molar-refractivity contribution in [2.75, 3.05) is 18.0 Å². The second kappa shape index (κ2) is 7.21. The van der Waals surface area contributed by atoms with E-state index in [1.807, 2.05) is 18.2 Å². The molecule has 0 unspecified atom stereocenters. The van der Waals surface area contributed by atoms with Crippen molar-refractivity contribution in [3.8, 4) is 11.5 Å². The standard InChI is InChI=1S/C14H15N3O5/c18-11(19)6-8-17(9-7-12(20)21)14-16-15-13(22-14)10-4-2-1-3-5-10/h1-5H,6-9H2,(H,18,19)(H,20,21)/p-2. The van der Waals surface area contributed by atoms with Crippen LogP contribution in [0.1, 0.15) is 12.8 Å². The van der Waals surface area contributed by atoms with Gasteiger partial charge in [0.1, 0.15) is 0 Å². The summed E-state index contributed by atoms with van der Waals surface area (Å²) in [6.07, 6.45) is -0.563. The summed E-state index contributed by atoms with van der Waals surface area (Å²) in [4.78, 5) is 22.5. The third-order valence-corrected chi connectivity index (χ3v) is 2.88. The van der Waals surface area contributed by atoms with Gasteiger partial charge in [-0.3, -0.25) is 0 Å². The van der Waals surface area contributed by atoms with Crippen LogP contribution in [0.25, 0.3) is 11.5 Å². The van der Waals surface area contributed by atoms with E-state index in [0.717, 1.165) is 0 Å². The molecule has 8 heteroatoms. The number of carbonyl (C=O) groups excluding carboxylic acids is 2. The molecule has 1 aromatic heterocycles. The van der Waals surface area contributed by atoms with Gasteiger partial charge in [0.05, 0.1) is 0 Å². The zero-order chi connectivity index (χ0) is 15.9. The normalized spacial score (nSPS) is 10.4. The molecule has 0 saturated carbocycles. The third kappa shape index (κ3) is 4.30. The summed E-state index contributed by atoms with van der Waals surface area (Å²) < 4.78 is 5.47. The number of anilines is 1. The van der Waals surface area contributed by atoms with Crippen molar-refractivity contribution < 1.29 is 24.2 Å². The van der Waals surface area contributed by atoms with E-state index in [4.69, 9.17) is 4.42 Å². The van der Waals surface area contributed by atoms with Gasteiger partial charge in [-0.1, -0.05) is 23.3 Å². The average Bonchev–Trinajstić information content (AvgIpc) is 2.97. The molecule has 0 amide bonds. The van der Waals surface area contributed by atoms with Crippen LogP contribution in [0, 0.1) is 0 Å². The summed E-state index contributed by atoms with van der Waals surface area (Å²) in [7, 11) is 0. The van der Waals surface area contributed by atoms with Crippen LogP contribution in [0.3, 0.4) is 0 Å². The van der Waals surface area contributed by atoms with E-state index in [2.05, 4.69) is 10.2 Å². The van der Waals surface area contributed by atoms with Gasteiger partial charge in [0.15, 0.2) is 0 Å². The first-order valence-electron chi connectivity index (χ1n) is 6.60. The highest BCUT2D eigenvalue weighted by Crippen LogP contribution is 2.21. The lowest BCUT2D eigenvalue weighted by molar-refractivity contribution is -0.306. The molecule has 8 nitrogen and oxygen atoms in total. The Morgan fingerprint density at radius 1 is 1.00 bits per heavy atom. The fourth-order valence-corrected chi connectivity index (χ4v) is 1.80. The fourth-order valence-electron chi connectivity index (χ4n) is 1.80. The Balaban J connectivity index is 2.14. The van der Waals surface area contributed by atoms with Crippen LogP contribution in [0.2, 0.25) is 0 Å². The zero-order valence-corrected chi connectivity index (χ0v) is 11.6. The summed E-state index contributed by atoms with van der Waals surface area (Å²) in [5, 5.41) is 28.8. The molecule has 0 aliphatic rings. The number of nitrogens with zero attached hydrogens (tertiary/aromatic N) is 3. The lowest BCUT2D eigenvalue weighted by Crippen LogP contribution is -2.35. The molecule has 0 N–H and O–H groups in total. The van der Waals surface area contributed by atoms with Gasteiger partial charge in [0, 0.05) is 43.4 Å². The van der Waals surface area contributed by atoms with E-state index in [1.165, 1.54) is 4.90 Å². The molecule has 0 atom stereocenters. The minimum Gasteiger partial charge on any atom is -0.550 e. The lowest BCUT2D eigenvalue weighted by Gasteiger charge is -2.20. The van der Waals surface area contributed by atoms with Crippen LogP contribution >= 0.6 is 0 Å². The van der Waals surface area contributed by atoms with Gasteiger partial charge in [-0.25, -0.2) is 0 Å². The van der Waals surface area contributed by atoms with Crippen LogP contribution < -0.4 is 15.1 Å². The van der Waals surface area contributed by atoms with Gasteiger partial charge in [0.25, 0.3) is 0 Å². The van der Waals surface area contributed by atoms with Crippen molar-refractivity contribution >= 4 is 18.0 Å². The highest BCUT2D eigenvalue weighted by Gasteiger charge is 2.15. The van der Waals surface area contributed by atoms with Gasteiger partial charge in [-0.15, -0.1) is 5.10 Å². The van der Waals surface area contributed by atoms with E-state index in [1.54, 1.807) is 12.1 Å². The summed E-state index contributed by atoms with van der Waals surface area (Å²) >= 11 is 0. The molecule has 0 radical (unpaired) electrons. The largest absolute Gasteiger partial charge is 0.550 e. The van der Waals surface area contributed by atoms with Crippen LogP contribution in [0.15, 0.2) is 34.7 Å². The SMILES string of the molecule is O=C([O-])CCN(CCC(=O)[O-])c1nnc(-c2ccccc2)o1. The maximum atomic E-state index is 10.6. The molecule has 2 aromatic rings. The number of carboxylic acid groups (broad SMARTS) is 2. The Hall–Kier alpha value is -2.90. The molecule has 0 spiro atoms. The number of carboxylic acids is 2. The predicted molar refractivity (Wildman–Crippen MR) is 71.2 cm³/mol. The fraction of sp³-hybridized carbons (Fsp3) is 0.286. The first kappa shape index (κ1) is 15.5. The monoisotopic (exact) mass is 303 g/mol. The van der Waals surface area contributed by atoms with Crippen LogP contribution in [0.5, 0.6) is 0 Å². The number of hydrogen-bond acceptors (Lipinski definition) is 8. The molecular weight excluding hydrogens is 290 g/mol. The number of hydrogen-bond donors (Lipinski definition) is 0. The number of aromatic nitrogens is 2. The smallest absolute Gasteiger partial charge is 0.318 e.